The normalized spacial score (nSPS) is 10.9. The monoisotopic (exact) mass is 353 g/mol. The summed E-state index contributed by atoms with van der Waals surface area (Å²) in [5.41, 5.74) is -2.76. The van der Waals surface area contributed by atoms with Crippen molar-refractivity contribution in [1.82, 2.24) is 9.97 Å². The van der Waals surface area contributed by atoms with Gasteiger partial charge in [0.2, 0.25) is 11.6 Å². The molecule has 0 aliphatic rings. The fourth-order valence-electron chi connectivity index (χ4n) is 1.42. The van der Waals surface area contributed by atoms with Gasteiger partial charge < -0.3 is 15.0 Å². The van der Waals surface area contributed by atoms with E-state index in [0.717, 1.165) is 0 Å². The molecule has 0 bridgehead atoms. The zero-order valence-corrected chi connectivity index (χ0v) is 11.7. The first-order valence-corrected chi connectivity index (χ1v) is 6.16. The summed E-state index contributed by atoms with van der Waals surface area (Å²) in [6.07, 6.45) is 0. The van der Waals surface area contributed by atoms with Crippen LogP contribution in [-0.4, -0.2) is 21.0 Å². The highest BCUT2D eigenvalue weighted by Crippen LogP contribution is 2.26. The average molecular weight is 354 g/mol. The first-order valence-electron chi connectivity index (χ1n) is 5.36. The van der Waals surface area contributed by atoms with Crippen LogP contribution in [-0.2, 0) is 0 Å². The van der Waals surface area contributed by atoms with Gasteiger partial charge in [0.15, 0.2) is 0 Å². The van der Waals surface area contributed by atoms with Crippen molar-refractivity contribution < 1.29 is 15.0 Å². The lowest BCUT2D eigenvalue weighted by atomic mass is 10.2. The van der Waals surface area contributed by atoms with Crippen molar-refractivity contribution >= 4 is 33.3 Å². The molecule has 0 radical (unpaired) electrons. The number of azo groups is 1. The Balaban J connectivity index is 2.50. The highest BCUT2D eigenvalue weighted by atomic mass is 79.9. The van der Waals surface area contributed by atoms with E-state index in [9.17, 15) is 24.6 Å². The molecule has 1 heterocycles. The highest BCUT2D eigenvalue weighted by Gasteiger charge is 2.08. The highest BCUT2D eigenvalue weighted by molar-refractivity contribution is 9.10. The number of aromatic hydroxyl groups is 1. The molecule has 0 spiro atoms. The number of carboxylic acids is 1. The number of carboxylic acid groups (broad SMARTS) is 1. The molecule has 0 saturated heterocycles. The first kappa shape index (κ1) is 14.7. The summed E-state index contributed by atoms with van der Waals surface area (Å²) < 4.78 is 0.491. The number of H-pyrrole nitrogens is 2. The number of aromatic carboxylic acids is 1. The number of rotatable bonds is 3. The third-order valence-corrected chi connectivity index (χ3v) is 2.83. The van der Waals surface area contributed by atoms with Crippen LogP contribution in [0.2, 0.25) is 0 Å². The van der Waals surface area contributed by atoms with Gasteiger partial charge in [-0.1, -0.05) is 15.9 Å². The van der Waals surface area contributed by atoms with Crippen LogP contribution in [0, 0.1) is 0 Å². The van der Waals surface area contributed by atoms with E-state index in [1.165, 1.54) is 18.2 Å². The number of aromatic amines is 2. The predicted molar refractivity (Wildman–Crippen MR) is 72.0 cm³/mol. The molecule has 108 valence electrons. The van der Waals surface area contributed by atoms with E-state index in [-0.39, 0.29) is 11.3 Å². The van der Waals surface area contributed by atoms with Gasteiger partial charge in [0, 0.05) is 10.0 Å². The van der Waals surface area contributed by atoms with Crippen LogP contribution < -0.4 is 16.4 Å². The van der Waals surface area contributed by atoms with Crippen molar-refractivity contribution in [3.05, 3.63) is 49.1 Å². The molecule has 0 aliphatic carbocycles. The summed E-state index contributed by atoms with van der Waals surface area (Å²) in [4.78, 5) is 37.0. The van der Waals surface area contributed by atoms with Crippen LogP contribution in [0.15, 0.2) is 42.5 Å². The second kappa shape index (κ2) is 5.71. The maximum atomic E-state index is 11.4. The van der Waals surface area contributed by atoms with E-state index in [1.807, 2.05) is 9.97 Å². The molecule has 10 heteroatoms. The maximum absolute atomic E-state index is 11.4. The van der Waals surface area contributed by atoms with Gasteiger partial charge in [-0.15, -0.1) is 10.2 Å². The van der Waals surface area contributed by atoms with Crippen LogP contribution in [0.4, 0.5) is 11.4 Å². The SMILES string of the molecule is O=C([O-])c1cc(Br)ccc1N=Nc1c(O)[nH]c(=O)[nH]c1=O. The van der Waals surface area contributed by atoms with E-state index in [2.05, 4.69) is 26.2 Å². The summed E-state index contributed by atoms with van der Waals surface area (Å²) in [7, 11) is 0. The van der Waals surface area contributed by atoms with E-state index in [1.54, 1.807) is 0 Å². The van der Waals surface area contributed by atoms with Crippen molar-refractivity contribution in [3.63, 3.8) is 0 Å². The quantitative estimate of drug-likeness (QED) is 0.678. The zero-order valence-electron chi connectivity index (χ0n) is 10.1. The summed E-state index contributed by atoms with van der Waals surface area (Å²) in [5, 5.41) is 27.4. The molecule has 1 aromatic heterocycles. The average Bonchev–Trinajstić information content (AvgIpc) is 2.38. The summed E-state index contributed by atoms with van der Waals surface area (Å²) >= 11 is 3.09. The lowest BCUT2D eigenvalue weighted by Gasteiger charge is -2.06. The Morgan fingerprint density at radius 2 is 1.95 bits per heavy atom. The van der Waals surface area contributed by atoms with Gasteiger partial charge in [-0.05, 0) is 18.2 Å². The van der Waals surface area contributed by atoms with Crippen molar-refractivity contribution in [2.45, 2.75) is 0 Å². The van der Waals surface area contributed by atoms with Gasteiger partial charge in [0.1, 0.15) is 0 Å². The Hall–Kier alpha value is -2.75. The Labute approximate surface area is 124 Å². The molecule has 0 amide bonds. The number of aromatic nitrogens is 2. The third-order valence-electron chi connectivity index (χ3n) is 2.33. The second-order valence-electron chi connectivity index (χ2n) is 3.75. The largest absolute Gasteiger partial charge is 0.545 e. The first-order chi connectivity index (χ1) is 9.88. The molecule has 0 aliphatic heterocycles. The van der Waals surface area contributed by atoms with Gasteiger partial charge in [-0.2, -0.15) is 0 Å². The van der Waals surface area contributed by atoms with Crippen LogP contribution in [0.5, 0.6) is 5.88 Å². The molecule has 0 atom stereocenters. The Morgan fingerprint density at radius 1 is 1.24 bits per heavy atom. The van der Waals surface area contributed by atoms with Crippen LogP contribution in [0.1, 0.15) is 10.4 Å². The molecule has 9 nitrogen and oxygen atoms in total. The van der Waals surface area contributed by atoms with E-state index in [4.69, 9.17) is 0 Å². The molecule has 2 rings (SSSR count). The molecule has 3 N–H and O–H groups in total. The Bertz CT molecular complexity index is 854. The lowest BCUT2D eigenvalue weighted by molar-refractivity contribution is -0.254. The lowest BCUT2D eigenvalue weighted by Crippen LogP contribution is -2.22. The zero-order chi connectivity index (χ0) is 15.6. The van der Waals surface area contributed by atoms with Crippen LogP contribution in [0.25, 0.3) is 0 Å². The number of carbonyl (C=O) groups is 1. The fraction of sp³-hybridized carbons (Fsp3) is 0. The number of hydrogen-bond donors (Lipinski definition) is 3. The minimum absolute atomic E-state index is 0.0804. The number of benzene rings is 1. The van der Waals surface area contributed by atoms with Gasteiger partial charge in [0.25, 0.3) is 5.56 Å². The van der Waals surface area contributed by atoms with Crippen LogP contribution in [0.3, 0.4) is 0 Å². The molecule has 21 heavy (non-hydrogen) atoms. The standard InChI is InChI=1S/C11H7BrN4O5/c12-4-1-2-6(5(3-4)10(19)20)15-16-7-8(17)13-11(21)14-9(7)18/h1-3H,(H,19,20)(H3,13,14,17,18,21)/p-1. The van der Waals surface area contributed by atoms with E-state index < -0.39 is 28.8 Å². The minimum Gasteiger partial charge on any atom is -0.545 e. The maximum Gasteiger partial charge on any atom is 0.328 e. The minimum atomic E-state index is -1.48. The summed E-state index contributed by atoms with van der Waals surface area (Å²) in [6, 6.07) is 4.09. The van der Waals surface area contributed by atoms with Crippen molar-refractivity contribution in [3.8, 4) is 5.88 Å². The molecular formula is C11H6BrN4O5-. The fourth-order valence-corrected chi connectivity index (χ4v) is 1.78. The summed E-state index contributed by atoms with van der Waals surface area (Å²) in [6.45, 7) is 0. The van der Waals surface area contributed by atoms with Gasteiger partial charge >= 0.3 is 5.69 Å². The number of hydrogen-bond acceptors (Lipinski definition) is 7. The van der Waals surface area contributed by atoms with Crippen molar-refractivity contribution in [1.29, 1.82) is 0 Å². The Morgan fingerprint density at radius 3 is 2.57 bits per heavy atom. The summed E-state index contributed by atoms with van der Waals surface area (Å²) in [5.74, 6) is -2.26. The predicted octanol–water partition coefficient (Wildman–Crippen LogP) is 0.310. The Kier molecular flexibility index (Phi) is 3.98. The molecule has 0 saturated carbocycles. The second-order valence-corrected chi connectivity index (χ2v) is 4.67. The number of nitrogens with one attached hydrogen (secondary N) is 2. The van der Waals surface area contributed by atoms with E-state index >= 15 is 0 Å². The molecule has 0 unspecified atom stereocenters. The van der Waals surface area contributed by atoms with E-state index in [0.29, 0.717) is 4.47 Å². The topological polar surface area (TPSA) is 151 Å². The number of halogens is 1. The number of nitrogens with zero attached hydrogens (tertiary/aromatic N) is 2. The van der Waals surface area contributed by atoms with Gasteiger partial charge in [-0.25, -0.2) is 4.79 Å². The molecular weight excluding hydrogens is 348 g/mol. The van der Waals surface area contributed by atoms with Crippen LogP contribution >= 0.6 is 15.9 Å². The molecule has 1 aromatic carbocycles. The van der Waals surface area contributed by atoms with Crippen molar-refractivity contribution in [2.24, 2.45) is 10.2 Å². The molecule has 0 fully saturated rings. The smallest absolute Gasteiger partial charge is 0.328 e. The number of carbonyl (C=O) groups excluding carboxylic acids is 1. The van der Waals surface area contributed by atoms with Crippen molar-refractivity contribution in [2.75, 3.05) is 0 Å². The van der Waals surface area contributed by atoms with Gasteiger partial charge in [0.05, 0.1) is 11.7 Å². The molecule has 2 aromatic rings. The third kappa shape index (κ3) is 3.23. The van der Waals surface area contributed by atoms with Gasteiger partial charge in [-0.3, -0.25) is 14.8 Å².